The van der Waals surface area contributed by atoms with Crippen molar-refractivity contribution in [2.75, 3.05) is 27.3 Å². The Balaban J connectivity index is 1.88. The second-order valence-electron chi connectivity index (χ2n) is 6.91. The summed E-state index contributed by atoms with van der Waals surface area (Å²) in [6.45, 7) is 0.809. The number of thiocarbonyl (C=S) groups is 1. The van der Waals surface area contributed by atoms with E-state index in [0.717, 1.165) is 26.3 Å². The number of hydrogen-bond donors (Lipinski definition) is 1. The third kappa shape index (κ3) is 3.38. The van der Waals surface area contributed by atoms with Crippen molar-refractivity contribution in [1.82, 2.24) is 10.2 Å². The van der Waals surface area contributed by atoms with Gasteiger partial charge in [0.25, 0.3) is 0 Å². The highest BCUT2D eigenvalue weighted by Crippen LogP contribution is 2.39. The number of benzene rings is 2. The van der Waals surface area contributed by atoms with Gasteiger partial charge in [-0.05, 0) is 70.2 Å². The zero-order valence-electron chi connectivity index (χ0n) is 16.0. The maximum Gasteiger partial charge on any atom is 0.312 e. The highest BCUT2D eigenvalue weighted by atomic mass is 127. The van der Waals surface area contributed by atoms with Crippen molar-refractivity contribution < 1.29 is 14.3 Å². The molecule has 150 valence electrons. The second-order valence-corrected chi connectivity index (χ2v) is 8.55. The number of fused-ring (bicyclic) bond motifs is 1. The average Bonchev–Trinajstić information content (AvgIpc) is 3.06. The van der Waals surface area contributed by atoms with Crippen LogP contribution in [0, 0.1) is 9.49 Å². The van der Waals surface area contributed by atoms with E-state index in [1.54, 1.807) is 7.11 Å². The molecule has 2 aromatic rings. The molecule has 2 unspecified atom stereocenters. The third-order valence-corrected chi connectivity index (χ3v) is 6.30. The summed E-state index contributed by atoms with van der Waals surface area (Å²) in [5.41, 5.74) is 1.31. The highest BCUT2D eigenvalue weighted by Gasteiger charge is 2.52. The quantitative estimate of drug-likeness (QED) is 0.380. The Hall–Kier alpha value is -2.20. The molecule has 8 heteroatoms. The van der Waals surface area contributed by atoms with Crippen LogP contribution in [0.15, 0.2) is 53.5 Å². The van der Waals surface area contributed by atoms with Gasteiger partial charge >= 0.3 is 5.97 Å². The van der Waals surface area contributed by atoms with Crippen molar-refractivity contribution >= 4 is 51.7 Å². The van der Waals surface area contributed by atoms with Gasteiger partial charge in [0.2, 0.25) is 0 Å². The Morgan fingerprint density at radius 3 is 2.66 bits per heavy atom. The van der Waals surface area contributed by atoms with Crippen molar-refractivity contribution in [3.63, 3.8) is 0 Å². The first kappa shape index (κ1) is 20.1. The van der Waals surface area contributed by atoms with Crippen LogP contribution < -0.4 is 10.1 Å². The molecule has 1 N–H and O–H groups in total. The molecule has 2 heterocycles. The van der Waals surface area contributed by atoms with Gasteiger partial charge < -0.3 is 19.7 Å². The highest BCUT2D eigenvalue weighted by molar-refractivity contribution is 14.1. The van der Waals surface area contributed by atoms with E-state index in [0.29, 0.717) is 18.2 Å². The number of carbonyl (C=O) groups excluding carboxylic acids is 1. The van der Waals surface area contributed by atoms with Crippen LogP contribution in [0.3, 0.4) is 0 Å². The van der Waals surface area contributed by atoms with Gasteiger partial charge in [0.15, 0.2) is 5.11 Å². The Labute approximate surface area is 188 Å². The fourth-order valence-corrected chi connectivity index (χ4v) is 4.74. The molecule has 0 aliphatic carbocycles. The molecule has 0 saturated carbocycles. The van der Waals surface area contributed by atoms with Crippen LogP contribution in [0.4, 0.5) is 0 Å². The van der Waals surface area contributed by atoms with Crippen LogP contribution >= 0.6 is 34.8 Å². The largest absolute Gasteiger partial charge is 0.497 e. The first-order valence-electron chi connectivity index (χ1n) is 9.12. The number of nitrogens with one attached hydrogen (secondary N) is 1. The summed E-state index contributed by atoms with van der Waals surface area (Å²) in [6.07, 6.45) is 0. The molecule has 6 nitrogen and oxygen atoms in total. The fourth-order valence-electron chi connectivity index (χ4n) is 3.88. The van der Waals surface area contributed by atoms with E-state index in [9.17, 15) is 4.79 Å². The van der Waals surface area contributed by atoms with E-state index in [4.69, 9.17) is 26.7 Å². The average molecular weight is 521 g/mol. The summed E-state index contributed by atoms with van der Waals surface area (Å²) >= 11 is 7.98. The molecule has 2 aliphatic heterocycles. The number of aliphatic imine (C=N–C) groups is 1. The van der Waals surface area contributed by atoms with Crippen LogP contribution in [-0.2, 0) is 15.1 Å². The lowest BCUT2D eigenvalue weighted by Crippen LogP contribution is -2.48. The van der Waals surface area contributed by atoms with E-state index in [1.807, 2.05) is 41.3 Å². The van der Waals surface area contributed by atoms with Crippen molar-refractivity contribution in [2.45, 2.75) is 5.54 Å². The van der Waals surface area contributed by atoms with Crippen molar-refractivity contribution in [2.24, 2.45) is 10.9 Å². The number of rotatable bonds is 4. The first-order chi connectivity index (χ1) is 14.0. The lowest BCUT2D eigenvalue weighted by molar-refractivity contribution is -0.145. The number of esters is 1. The molecule has 0 amide bonds. The van der Waals surface area contributed by atoms with Crippen molar-refractivity contribution in [3.05, 3.63) is 63.2 Å². The lowest BCUT2D eigenvalue weighted by Gasteiger charge is -2.34. The summed E-state index contributed by atoms with van der Waals surface area (Å²) in [7, 11) is 3.04. The minimum Gasteiger partial charge on any atom is -0.497 e. The molecule has 0 bridgehead atoms. The Kier molecular flexibility index (Phi) is 5.48. The predicted molar refractivity (Wildman–Crippen MR) is 123 cm³/mol. The van der Waals surface area contributed by atoms with Gasteiger partial charge in [-0.3, -0.25) is 9.79 Å². The number of nitrogens with zero attached hydrogens (tertiary/aromatic N) is 2. The van der Waals surface area contributed by atoms with Crippen LogP contribution in [0.1, 0.15) is 11.1 Å². The maximum absolute atomic E-state index is 12.1. The smallest absolute Gasteiger partial charge is 0.312 e. The van der Waals surface area contributed by atoms with Gasteiger partial charge in [-0.15, -0.1) is 0 Å². The standard InChI is InChI=1S/C21H20IN3O3S/c1-27-17-8-6-14(7-9-17)21(15-4-3-5-16(22)10-15)19-23-11-13(18(26)28-2)12-25(19)20(29)24-21/h3-10,13H,11-12H2,1-2H3,(H,24,29). The molecule has 2 aliphatic rings. The minimum atomic E-state index is -0.731. The summed E-state index contributed by atoms with van der Waals surface area (Å²) in [6, 6.07) is 16.2. The molecular weight excluding hydrogens is 501 g/mol. The SMILES string of the molecule is COC(=O)C1CN=C2N(C1)C(=S)NC2(c1ccc(OC)cc1)c1cccc(I)c1. The number of halogens is 1. The number of amidine groups is 1. The number of ether oxygens (including phenoxy) is 2. The molecule has 0 spiro atoms. The molecule has 1 saturated heterocycles. The Bertz CT molecular complexity index is 995. The van der Waals surface area contributed by atoms with Gasteiger partial charge in [0.05, 0.1) is 26.7 Å². The van der Waals surface area contributed by atoms with E-state index in [2.05, 4.69) is 40.0 Å². The van der Waals surface area contributed by atoms with Crippen LogP contribution in [-0.4, -0.2) is 49.1 Å². The summed E-state index contributed by atoms with van der Waals surface area (Å²) in [5, 5.41) is 4.06. The molecule has 2 atom stereocenters. The molecule has 29 heavy (non-hydrogen) atoms. The summed E-state index contributed by atoms with van der Waals surface area (Å²) < 4.78 is 11.4. The third-order valence-electron chi connectivity index (χ3n) is 5.31. The number of hydrogen-bond acceptors (Lipinski definition) is 5. The topological polar surface area (TPSA) is 63.2 Å². The molecular formula is C21H20IN3O3S. The normalized spacial score (nSPS) is 23.1. The number of methoxy groups -OCH3 is 2. The predicted octanol–water partition coefficient (Wildman–Crippen LogP) is 2.93. The van der Waals surface area contributed by atoms with E-state index in [-0.39, 0.29) is 11.9 Å². The molecule has 0 radical (unpaired) electrons. The number of carbonyl (C=O) groups is 1. The molecule has 4 rings (SSSR count). The maximum atomic E-state index is 12.1. The minimum absolute atomic E-state index is 0.271. The van der Waals surface area contributed by atoms with Crippen LogP contribution in [0.25, 0.3) is 0 Å². The van der Waals surface area contributed by atoms with E-state index < -0.39 is 5.54 Å². The Morgan fingerprint density at radius 2 is 2.00 bits per heavy atom. The van der Waals surface area contributed by atoms with Crippen LogP contribution in [0.5, 0.6) is 5.75 Å². The molecule has 1 fully saturated rings. The van der Waals surface area contributed by atoms with Crippen LogP contribution in [0.2, 0.25) is 0 Å². The zero-order valence-corrected chi connectivity index (χ0v) is 19.0. The van der Waals surface area contributed by atoms with Gasteiger partial charge in [-0.2, -0.15) is 0 Å². The van der Waals surface area contributed by atoms with E-state index in [1.165, 1.54) is 7.11 Å². The van der Waals surface area contributed by atoms with Gasteiger partial charge in [0.1, 0.15) is 17.1 Å². The zero-order chi connectivity index (χ0) is 20.6. The van der Waals surface area contributed by atoms with Gasteiger partial charge in [0, 0.05) is 10.1 Å². The van der Waals surface area contributed by atoms with Gasteiger partial charge in [-0.25, -0.2) is 0 Å². The Morgan fingerprint density at radius 1 is 1.24 bits per heavy atom. The van der Waals surface area contributed by atoms with Crippen molar-refractivity contribution in [3.8, 4) is 5.75 Å². The molecule has 2 aromatic carbocycles. The molecule has 0 aromatic heterocycles. The van der Waals surface area contributed by atoms with Crippen molar-refractivity contribution in [1.29, 1.82) is 0 Å². The first-order valence-corrected chi connectivity index (χ1v) is 10.6. The second kappa shape index (κ2) is 7.91. The summed E-state index contributed by atoms with van der Waals surface area (Å²) in [4.78, 5) is 18.8. The monoisotopic (exact) mass is 521 g/mol. The van der Waals surface area contributed by atoms with Gasteiger partial charge in [-0.1, -0.05) is 24.3 Å². The fraction of sp³-hybridized carbons (Fsp3) is 0.286. The van der Waals surface area contributed by atoms with E-state index >= 15 is 0 Å². The summed E-state index contributed by atoms with van der Waals surface area (Å²) in [5.74, 6) is 0.966. The lowest BCUT2D eigenvalue weighted by atomic mass is 9.81.